The fraction of sp³-hybridized carbons (Fsp3) is 0.350. The zero-order chi connectivity index (χ0) is 20.0. The van der Waals surface area contributed by atoms with Crippen LogP contribution < -0.4 is 10.6 Å². The third-order valence-electron chi connectivity index (χ3n) is 3.74. The first-order valence-corrected chi connectivity index (χ1v) is 9.44. The molecule has 144 valence electrons. The van der Waals surface area contributed by atoms with E-state index in [-0.39, 0.29) is 5.91 Å². The molecule has 0 aliphatic carbocycles. The number of carbonyl (C=O) groups excluding carboxylic acids is 1. The fourth-order valence-electron chi connectivity index (χ4n) is 2.53. The van der Waals surface area contributed by atoms with Crippen molar-refractivity contribution >= 4 is 40.0 Å². The Labute approximate surface area is 165 Å². The molecule has 0 unspecified atom stereocenters. The van der Waals surface area contributed by atoms with E-state index >= 15 is 0 Å². The fourth-order valence-corrected chi connectivity index (χ4v) is 2.72. The van der Waals surface area contributed by atoms with Crippen molar-refractivity contribution in [3.8, 4) is 0 Å². The Morgan fingerprint density at radius 2 is 2.00 bits per heavy atom. The molecular formula is C20H26ClN5O. The number of aryl methyl sites for hydroxylation is 1. The van der Waals surface area contributed by atoms with Gasteiger partial charge in [-0.2, -0.15) is 0 Å². The first kappa shape index (κ1) is 20.7. The first-order valence-electron chi connectivity index (χ1n) is 9.06. The number of amides is 1. The summed E-state index contributed by atoms with van der Waals surface area (Å²) in [5.41, 5.74) is 2.69. The number of anilines is 2. The molecule has 27 heavy (non-hydrogen) atoms. The van der Waals surface area contributed by atoms with E-state index in [9.17, 15) is 4.79 Å². The minimum atomic E-state index is -0.149. The number of rotatable bonds is 5. The Morgan fingerprint density at radius 3 is 2.67 bits per heavy atom. The Bertz CT molecular complexity index is 920. The van der Waals surface area contributed by atoms with Gasteiger partial charge in [0.2, 0.25) is 0 Å². The third-order valence-corrected chi connectivity index (χ3v) is 3.98. The summed E-state index contributed by atoms with van der Waals surface area (Å²) < 4.78 is 1.82. The lowest BCUT2D eigenvalue weighted by atomic mass is 10.2. The molecule has 0 aliphatic heterocycles. The molecule has 0 spiro atoms. The van der Waals surface area contributed by atoms with Gasteiger partial charge in [0.15, 0.2) is 5.82 Å². The number of nitrogens with one attached hydrogen (secondary N) is 2. The zero-order valence-corrected chi connectivity index (χ0v) is 17.1. The van der Waals surface area contributed by atoms with Crippen molar-refractivity contribution in [2.45, 2.75) is 27.7 Å². The molecule has 6 nitrogen and oxygen atoms in total. The smallest absolute Gasteiger partial charge is 0.255 e. The molecule has 2 heterocycles. The second-order valence-electron chi connectivity index (χ2n) is 6.31. The van der Waals surface area contributed by atoms with Gasteiger partial charge in [-0.25, -0.2) is 9.97 Å². The third kappa shape index (κ3) is 4.98. The number of hydrogen-bond acceptors (Lipinski definition) is 4. The van der Waals surface area contributed by atoms with Crippen molar-refractivity contribution in [3.05, 3.63) is 47.4 Å². The van der Waals surface area contributed by atoms with Crippen LogP contribution in [0.15, 0.2) is 36.8 Å². The average Bonchev–Trinajstić information content (AvgIpc) is 3.04. The Balaban J connectivity index is 0.00000126. The number of halogens is 1. The van der Waals surface area contributed by atoms with Crippen LogP contribution in [0.25, 0.3) is 11.0 Å². The summed E-state index contributed by atoms with van der Waals surface area (Å²) in [6.07, 6.45) is 3.25. The maximum Gasteiger partial charge on any atom is 0.255 e. The van der Waals surface area contributed by atoms with E-state index in [2.05, 4.69) is 34.4 Å². The van der Waals surface area contributed by atoms with Gasteiger partial charge in [0, 0.05) is 30.5 Å². The molecule has 0 radical (unpaired) electrons. The van der Waals surface area contributed by atoms with Gasteiger partial charge in [0.05, 0.1) is 17.4 Å². The van der Waals surface area contributed by atoms with Gasteiger partial charge in [-0.3, -0.25) is 4.79 Å². The standard InChI is InChI=1S/C18H20ClN5O.C2H6/c1-11(2)8-21-18(25)14-9-20-17(15-16(14)24(3)10-22-15)23-13-6-4-5-12(19)7-13;1-2/h4-7,9-11H,8H2,1-3H3,(H,20,23)(H,21,25);1-2H3. The molecule has 0 atom stereocenters. The normalized spacial score (nSPS) is 10.5. The molecule has 7 heteroatoms. The van der Waals surface area contributed by atoms with E-state index in [1.165, 1.54) is 0 Å². The number of hydrogen-bond donors (Lipinski definition) is 2. The summed E-state index contributed by atoms with van der Waals surface area (Å²) in [6, 6.07) is 7.36. The zero-order valence-electron chi connectivity index (χ0n) is 16.4. The maximum atomic E-state index is 12.5. The second kappa shape index (κ2) is 9.37. The van der Waals surface area contributed by atoms with Crippen LogP contribution in [-0.4, -0.2) is 27.0 Å². The van der Waals surface area contributed by atoms with Gasteiger partial charge < -0.3 is 15.2 Å². The van der Waals surface area contributed by atoms with Gasteiger partial charge in [0.25, 0.3) is 5.91 Å². The van der Waals surface area contributed by atoms with E-state index in [0.29, 0.717) is 34.4 Å². The molecule has 0 bridgehead atoms. The van der Waals surface area contributed by atoms with Crippen molar-refractivity contribution in [2.24, 2.45) is 13.0 Å². The lowest BCUT2D eigenvalue weighted by Crippen LogP contribution is -2.28. The minimum absolute atomic E-state index is 0.149. The van der Waals surface area contributed by atoms with Crippen LogP contribution in [0.5, 0.6) is 0 Å². The quantitative estimate of drug-likeness (QED) is 0.661. The molecule has 1 amide bonds. The van der Waals surface area contributed by atoms with E-state index in [0.717, 1.165) is 11.2 Å². The number of carbonyl (C=O) groups is 1. The van der Waals surface area contributed by atoms with Gasteiger partial charge >= 0.3 is 0 Å². The Kier molecular flexibility index (Phi) is 7.19. The van der Waals surface area contributed by atoms with Crippen LogP contribution in [0.3, 0.4) is 0 Å². The van der Waals surface area contributed by atoms with Gasteiger partial charge in [-0.05, 0) is 24.1 Å². The number of imidazole rings is 1. The van der Waals surface area contributed by atoms with Crippen LogP contribution in [0.1, 0.15) is 38.1 Å². The predicted octanol–water partition coefficient (Wildman–Crippen LogP) is 4.78. The number of pyridine rings is 1. The highest BCUT2D eigenvalue weighted by Crippen LogP contribution is 2.26. The minimum Gasteiger partial charge on any atom is -0.352 e. The molecule has 0 aliphatic rings. The average molecular weight is 388 g/mol. The molecule has 3 rings (SSSR count). The lowest BCUT2D eigenvalue weighted by molar-refractivity contribution is 0.0950. The molecule has 2 N–H and O–H groups in total. The highest BCUT2D eigenvalue weighted by Gasteiger charge is 2.17. The largest absolute Gasteiger partial charge is 0.352 e. The molecular weight excluding hydrogens is 362 g/mol. The topological polar surface area (TPSA) is 71.8 Å². The molecule has 0 saturated carbocycles. The second-order valence-corrected chi connectivity index (χ2v) is 6.75. The van der Waals surface area contributed by atoms with Crippen molar-refractivity contribution in [1.82, 2.24) is 19.9 Å². The van der Waals surface area contributed by atoms with E-state index in [4.69, 9.17) is 11.6 Å². The highest BCUT2D eigenvalue weighted by atomic mass is 35.5. The molecule has 0 fully saturated rings. The van der Waals surface area contributed by atoms with Crippen LogP contribution in [0, 0.1) is 5.92 Å². The van der Waals surface area contributed by atoms with Crippen LogP contribution >= 0.6 is 11.6 Å². The summed E-state index contributed by atoms with van der Waals surface area (Å²) >= 11 is 6.03. The van der Waals surface area contributed by atoms with Crippen molar-refractivity contribution in [3.63, 3.8) is 0 Å². The summed E-state index contributed by atoms with van der Waals surface area (Å²) in [5, 5.41) is 6.77. The maximum absolute atomic E-state index is 12.5. The van der Waals surface area contributed by atoms with Gasteiger partial charge in [-0.1, -0.05) is 45.4 Å². The van der Waals surface area contributed by atoms with Crippen molar-refractivity contribution in [2.75, 3.05) is 11.9 Å². The van der Waals surface area contributed by atoms with Crippen LogP contribution in [0.2, 0.25) is 5.02 Å². The molecule has 0 saturated heterocycles. The molecule has 1 aromatic carbocycles. The van der Waals surface area contributed by atoms with Crippen molar-refractivity contribution < 1.29 is 4.79 Å². The summed E-state index contributed by atoms with van der Waals surface area (Å²) in [7, 11) is 1.86. The van der Waals surface area contributed by atoms with E-state index in [1.807, 2.05) is 37.6 Å². The number of fused-ring (bicyclic) bond motifs is 1. The Hall–Kier alpha value is -2.60. The predicted molar refractivity (Wildman–Crippen MR) is 112 cm³/mol. The number of nitrogens with zero attached hydrogens (tertiary/aromatic N) is 3. The number of aromatic nitrogens is 3. The summed E-state index contributed by atoms with van der Waals surface area (Å²) in [6.45, 7) is 8.72. The highest BCUT2D eigenvalue weighted by molar-refractivity contribution is 6.30. The molecule has 3 aromatic rings. The van der Waals surface area contributed by atoms with E-state index < -0.39 is 0 Å². The number of benzene rings is 1. The van der Waals surface area contributed by atoms with Gasteiger partial charge in [0.1, 0.15) is 5.52 Å². The van der Waals surface area contributed by atoms with E-state index in [1.54, 1.807) is 24.7 Å². The monoisotopic (exact) mass is 387 g/mol. The summed E-state index contributed by atoms with van der Waals surface area (Å²) in [4.78, 5) is 21.3. The van der Waals surface area contributed by atoms with Crippen LogP contribution in [-0.2, 0) is 7.05 Å². The first-order chi connectivity index (χ1) is 13.0. The lowest BCUT2D eigenvalue weighted by Gasteiger charge is -2.11. The SMILES string of the molecule is CC.CC(C)CNC(=O)c1cnc(Nc2cccc(Cl)c2)c2ncn(C)c12. The Morgan fingerprint density at radius 1 is 1.26 bits per heavy atom. The van der Waals surface area contributed by atoms with Gasteiger partial charge in [-0.15, -0.1) is 0 Å². The van der Waals surface area contributed by atoms with Crippen molar-refractivity contribution in [1.29, 1.82) is 0 Å². The summed E-state index contributed by atoms with van der Waals surface area (Å²) in [5.74, 6) is 0.810. The van der Waals surface area contributed by atoms with Crippen LogP contribution in [0.4, 0.5) is 11.5 Å². The molecule has 2 aromatic heterocycles.